The molecule has 0 aromatic carbocycles. The van der Waals surface area contributed by atoms with E-state index in [-0.39, 0.29) is 0 Å². The summed E-state index contributed by atoms with van der Waals surface area (Å²) in [5, 5.41) is 3.34. The van der Waals surface area contributed by atoms with Gasteiger partial charge in [-0.1, -0.05) is 13.8 Å². The molecule has 2 aromatic rings. The topological polar surface area (TPSA) is 79.6 Å². The van der Waals surface area contributed by atoms with E-state index in [1.165, 1.54) is 6.33 Å². The Kier molecular flexibility index (Phi) is 2.55. The quantitative estimate of drug-likeness (QED) is 0.699. The van der Waals surface area contributed by atoms with Gasteiger partial charge in [-0.15, -0.1) is 0 Å². The van der Waals surface area contributed by atoms with Gasteiger partial charge in [0.05, 0.1) is 5.52 Å². The first-order valence-electron chi connectivity index (χ1n) is 4.98. The summed E-state index contributed by atoms with van der Waals surface area (Å²) in [6.07, 6.45) is 3.41. The zero-order valence-corrected chi connectivity index (χ0v) is 8.91. The number of aromatic nitrogens is 3. The molecular formula is C10H15N5. The van der Waals surface area contributed by atoms with Crippen molar-refractivity contribution in [2.45, 2.75) is 26.4 Å². The fourth-order valence-electron chi connectivity index (χ4n) is 1.46. The lowest BCUT2D eigenvalue weighted by molar-refractivity contribution is 0.590. The molecule has 0 amide bonds. The van der Waals surface area contributed by atoms with Crippen LogP contribution in [0.25, 0.3) is 11.0 Å². The van der Waals surface area contributed by atoms with Gasteiger partial charge in [0.25, 0.3) is 0 Å². The molecule has 0 saturated heterocycles. The molecule has 0 aliphatic heterocycles. The summed E-state index contributed by atoms with van der Waals surface area (Å²) in [5.74, 6) is 0.496. The Morgan fingerprint density at radius 1 is 1.47 bits per heavy atom. The Morgan fingerprint density at radius 2 is 2.27 bits per heavy atom. The fraction of sp³-hybridized carbons (Fsp3) is 0.400. The van der Waals surface area contributed by atoms with Crippen LogP contribution in [0.1, 0.15) is 19.4 Å². The lowest BCUT2D eigenvalue weighted by atomic mass is 10.2. The smallest absolute Gasteiger partial charge is 0.151 e. The molecule has 0 fully saturated rings. The molecule has 0 saturated carbocycles. The zero-order chi connectivity index (χ0) is 10.8. The van der Waals surface area contributed by atoms with Crippen LogP contribution in [0.2, 0.25) is 0 Å². The van der Waals surface area contributed by atoms with E-state index in [2.05, 4.69) is 34.1 Å². The molecule has 0 bridgehead atoms. The number of aromatic amines is 1. The van der Waals surface area contributed by atoms with Gasteiger partial charge in [0.1, 0.15) is 11.8 Å². The number of hydrogen-bond donors (Lipinski definition) is 3. The third-order valence-electron chi connectivity index (χ3n) is 2.27. The number of fused-ring (bicyclic) bond motifs is 1. The lowest BCUT2D eigenvalue weighted by Gasteiger charge is -2.06. The summed E-state index contributed by atoms with van der Waals surface area (Å²) in [5.41, 5.74) is 8.56. The first-order chi connectivity index (χ1) is 7.18. The Bertz CT molecular complexity index is 460. The van der Waals surface area contributed by atoms with Gasteiger partial charge in [-0.05, 0) is 0 Å². The number of rotatable bonds is 3. The Morgan fingerprint density at radius 3 is 3.00 bits per heavy atom. The van der Waals surface area contributed by atoms with Crippen LogP contribution in [-0.4, -0.2) is 21.0 Å². The molecule has 80 valence electrons. The van der Waals surface area contributed by atoms with E-state index in [4.69, 9.17) is 5.73 Å². The third kappa shape index (κ3) is 1.92. The molecule has 5 nitrogen and oxygen atoms in total. The summed E-state index contributed by atoms with van der Waals surface area (Å²) in [4.78, 5) is 11.2. The van der Waals surface area contributed by atoms with Crippen molar-refractivity contribution >= 4 is 16.9 Å². The van der Waals surface area contributed by atoms with Gasteiger partial charge < -0.3 is 16.0 Å². The highest BCUT2D eigenvalue weighted by Crippen LogP contribution is 2.18. The van der Waals surface area contributed by atoms with E-state index in [0.717, 1.165) is 23.1 Å². The van der Waals surface area contributed by atoms with Crippen LogP contribution in [0.4, 0.5) is 5.82 Å². The van der Waals surface area contributed by atoms with E-state index in [9.17, 15) is 0 Å². The highest BCUT2D eigenvalue weighted by Gasteiger charge is 2.07. The monoisotopic (exact) mass is 205 g/mol. The summed E-state index contributed by atoms with van der Waals surface area (Å²) < 4.78 is 0. The number of nitrogens with two attached hydrogens (primary N) is 1. The van der Waals surface area contributed by atoms with Gasteiger partial charge in [-0.25, -0.2) is 9.97 Å². The van der Waals surface area contributed by atoms with Crippen LogP contribution in [0.3, 0.4) is 0 Å². The minimum absolute atomic E-state index is 0.453. The fourth-order valence-corrected chi connectivity index (χ4v) is 1.46. The molecule has 0 radical (unpaired) electrons. The minimum Gasteiger partial charge on any atom is -0.382 e. The number of hydrogen-bond acceptors (Lipinski definition) is 4. The molecule has 0 atom stereocenters. The van der Waals surface area contributed by atoms with Gasteiger partial charge in [0.15, 0.2) is 5.82 Å². The van der Waals surface area contributed by atoms with Crippen LogP contribution < -0.4 is 11.1 Å². The summed E-state index contributed by atoms with van der Waals surface area (Å²) in [6.45, 7) is 5.00. The largest absolute Gasteiger partial charge is 0.382 e. The lowest BCUT2D eigenvalue weighted by Crippen LogP contribution is -2.21. The van der Waals surface area contributed by atoms with Crippen molar-refractivity contribution in [3.8, 4) is 0 Å². The number of H-pyrrole nitrogens is 1. The van der Waals surface area contributed by atoms with Crippen molar-refractivity contribution in [3.05, 3.63) is 18.1 Å². The molecular weight excluding hydrogens is 190 g/mol. The van der Waals surface area contributed by atoms with E-state index in [1.807, 2.05) is 6.20 Å². The van der Waals surface area contributed by atoms with Gasteiger partial charge in [0, 0.05) is 24.3 Å². The number of anilines is 1. The number of nitrogens with zero attached hydrogens (tertiary/aromatic N) is 2. The van der Waals surface area contributed by atoms with Crippen LogP contribution >= 0.6 is 0 Å². The van der Waals surface area contributed by atoms with E-state index in [1.54, 1.807) is 0 Å². The Balaban J connectivity index is 2.33. The number of nitrogen functional groups attached to an aromatic ring is 1. The van der Waals surface area contributed by atoms with E-state index in [0.29, 0.717) is 11.9 Å². The predicted octanol–water partition coefficient (Wildman–Crippen LogP) is 1.04. The minimum atomic E-state index is 0.453. The highest BCUT2D eigenvalue weighted by atomic mass is 15.0. The molecule has 4 N–H and O–H groups in total. The van der Waals surface area contributed by atoms with Crippen LogP contribution in [0.15, 0.2) is 12.5 Å². The van der Waals surface area contributed by atoms with Crippen molar-refractivity contribution in [1.29, 1.82) is 0 Å². The maximum absolute atomic E-state index is 5.72. The maximum Gasteiger partial charge on any atom is 0.151 e. The summed E-state index contributed by atoms with van der Waals surface area (Å²) in [6, 6.07) is 0.453. The summed E-state index contributed by atoms with van der Waals surface area (Å²) >= 11 is 0. The van der Waals surface area contributed by atoms with Gasteiger partial charge in [0.2, 0.25) is 0 Å². The molecule has 5 heteroatoms. The maximum atomic E-state index is 5.72. The molecule has 2 rings (SSSR count). The molecule has 0 aliphatic carbocycles. The van der Waals surface area contributed by atoms with Crippen molar-refractivity contribution < 1.29 is 0 Å². The Hall–Kier alpha value is -1.62. The second-order valence-electron chi connectivity index (χ2n) is 3.83. The third-order valence-corrected chi connectivity index (χ3v) is 2.27. The van der Waals surface area contributed by atoms with Gasteiger partial charge >= 0.3 is 0 Å². The zero-order valence-electron chi connectivity index (χ0n) is 8.91. The van der Waals surface area contributed by atoms with Crippen molar-refractivity contribution in [3.63, 3.8) is 0 Å². The Labute approximate surface area is 88.1 Å². The summed E-state index contributed by atoms with van der Waals surface area (Å²) in [7, 11) is 0. The highest BCUT2D eigenvalue weighted by molar-refractivity contribution is 5.86. The van der Waals surface area contributed by atoms with Crippen LogP contribution in [0, 0.1) is 0 Å². The van der Waals surface area contributed by atoms with Crippen LogP contribution in [0.5, 0.6) is 0 Å². The molecule has 2 heterocycles. The molecule has 15 heavy (non-hydrogen) atoms. The van der Waals surface area contributed by atoms with Gasteiger partial charge in [-0.3, -0.25) is 0 Å². The molecule has 2 aromatic heterocycles. The second kappa shape index (κ2) is 3.86. The average Bonchev–Trinajstić information content (AvgIpc) is 2.59. The molecule has 0 spiro atoms. The molecule has 0 aliphatic rings. The molecule has 0 unspecified atom stereocenters. The van der Waals surface area contributed by atoms with Crippen molar-refractivity contribution in [2.75, 3.05) is 5.73 Å². The van der Waals surface area contributed by atoms with E-state index < -0.39 is 0 Å². The van der Waals surface area contributed by atoms with Crippen LogP contribution in [-0.2, 0) is 6.54 Å². The number of nitrogens with one attached hydrogen (secondary N) is 2. The first kappa shape index (κ1) is 9.92. The standard InChI is InChI=1S/C10H15N5/c1-6(2)12-3-7-4-13-9-8(7)14-5-15-10(9)11/h4-6,12-13H,3H2,1-2H3,(H2,11,14,15). The first-order valence-corrected chi connectivity index (χ1v) is 4.98. The van der Waals surface area contributed by atoms with E-state index >= 15 is 0 Å². The van der Waals surface area contributed by atoms with Gasteiger partial charge in [-0.2, -0.15) is 0 Å². The van der Waals surface area contributed by atoms with Crippen molar-refractivity contribution in [2.24, 2.45) is 0 Å². The normalized spacial score (nSPS) is 11.4. The predicted molar refractivity (Wildman–Crippen MR) is 60.3 cm³/mol. The average molecular weight is 205 g/mol. The van der Waals surface area contributed by atoms with Crippen molar-refractivity contribution in [1.82, 2.24) is 20.3 Å². The second-order valence-corrected chi connectivity index (χ2v) is 3.83. The SMILES string of the molecule is CC(C)NCc1c[nH]c2c(N)ncnc12.